The van der Waals surface area contributed by atoms with Crippen LogP contribution in [0.5, 0.6) is 5.75 Å². The number of aryl methyl sites for hydroxylation is 2. The zero-order valence-electron chi connectivity index (χ0n) is 18.5. The largest absolute Gasteiger partial charge is 0.494 e. The van der Waals surface area contributed by atoms with Gasteiger partial charge >= 0.3 is 5.69 Å². The number of nitrogens with zero attached hydrogens (tertiary/aromatic N) is 5. The molecule has 0 N–H and O–H groups in total. The normalized spacial score (nSPS) is 11.6. The molecule has 4 heterocycles. The number of rotatable bonds is 5. The average molecular weight is 500 g/mol. The summed E-state index contributed by atoms with van der Waals surface area (Å²) in [6.07, 6.45) is 5.43. The zero-order valence-corrected chi connectivity index (χ0v) is 20.1. The van der Waals surface area contributed by atoms with Crippen LogP contribution in [0.4, 0.5) is 4.39 Å². The highest BCUT2D eigenvalue weighted by Crippen LogP contribution is 2.39. The van der Waals surface area contributed by atoms with Gasteiger partial charge in [0.15, 0.2) is 11.6 Å². The molecule has 0 spiro atoms. The number of hydrogen-bond acceptors (Lipinski definition) is 6. The summed E-state index contributed by atoms with van der Waals surface area (Å²) in [5.74, 6) is -0.548. The molecule has 0 saturated heterocycles. The summed E-state index contributed by atoms with van der Waals surface area (Å²) in [5.41, 5.74) is 1.05. The topological polar surface area (TPSA) is 83.9 Å². The Hall–Kier alpha value is -3.50. The number of thiophene rings is 1. The van der Waals surface area contributed by atoms with E-state index in [4.69, 9.17) is 16.3 Å². The van der Waals surface area contributed by atoms with E-state index in [9.17, 15) is 14.0 Å². The highest BCUT2D eigenvalue weighted by molar-refractivity contribution is 7.22. The average Bonchev–Trinajstić information content (AvgIpc) is 3.42. The summed E-state index contributed by atoms with van der Waals surface area (Å²) in [6.45, 7) is 2.35. The minimum Gasteiger partial charge on any atom is -0.494 e. The van der Waals surface area contributed by atoms with Crippen LogP contribution in [0.3, 0.4) is 0 Å². The van der Waals surface area contributed by atoms with E-state index in [-0.39, 0.29) is 10.8 Å². The lowest BCUT2D eigenvalue weighted by Crippen LogP contribution is -2.38. The summed E-state index contributed by atoms with van der Waals surface area (Å²) in [4.78, 5) is 32.1. The van der Waals surface area contributed by atoms with Crippen molar-refractivity contribution in [2.45, 2.75) is 19.9 Å². The van der Waals surface area contributed by atoms with Gasteiger partial charge in [-0.1, -0.05) is 18.5 Å². The number of benzene rings is 1. The second-order valence-corrected chi connectivity index (χ2v) is 9.19. The van der Waals surface area contributed by atoms with E-state index >= 15 is 0 Å². The molecule has 0 amide bonds. The van der Waals surface area contributed by atoms with Crippen LogP contribution in [0.2, 0.25) is 5.02 Å². The van der Waals surface area contributed by atoms with E-state index in [0.717, 1.165) is 4.57 Å². The maximum absolute atomic E-state index is 14.1. The molecule has 11 heteroatoms. The molecule has 4 aromatic heterocycles. The van der Waals surface area contributed by atoms with Crippen LogP contribution < -0.4 is 16.0 Å². The maximum Gasteiger partial charge on any atom is 0.336 e. The van der Waals surface area contributed by atoms with Gasteiger partial charge in [-0.15, -0.1) is 11.3 Å². The molecule has 34 heavy (non-hydrogen) atoms. The fourth-order valence-electron chi connectivity index (χ4n) is 4.08. The molecule has 0 radical (unpaired) electrons. The molecule has 174 valence electrons. The zero-order chi connectivity index (χ0) is 24.1. The smallest absolute Gasteiger partial charge is 0.336 e. The SMILES string of the molecule is CCCn1c(=O)n(-c2cncc3cnn(C)c23)c(=O)c2sc(-c3cc(OC)c(F)cc3Cl)cc21. The van der Waals surface area contributed by atoms with Gasteiger partial charge in [0.2, 0.25) is 0 Å². The van der Waals surface area contributed by atoms with Crippen molar-refractivity contribution in [2.75, 3.05) is 7.11 Å². The monoisotopic (exact) mass is 499 g/mol. The third kappa shape index (κ3) is 3.33. The quantitative estimate of drug-likeness (QED) is 0.358. The first kappa shape index (κ1) is 22.3. The number of fused-ring (bicyclic) bond motifs is 2. The molecule has 0 unspecified atom stereocenters. The Morgan fingerprint density at radius 2 is 1.97 bits per heavy atom. The van der Waals surface area contributed by atoms with E-state index in [1.54, 1.807) is 34.8 Å². The lowest BCUT2D eigenvalue weighted by molar-refractivity contribution is 0.387. The molecule has 1 aromatic carbocycles. The van der Waals surface area contributed by atoms with Crippen molar-refractivity contribution >= 4 is 44.1 Å². The van der Waals surface area contributed by atoms with Crippen molar-refractivity contribution in [1.82, 2.24) is 23.9 Å². The summed E-state index contributed by atoms with van der Waals surface area (Å²) in [6, 6.07) is 4.40. The van der Waals surface area contributed by atoms with Crippen molar-refractivity contribution in [3.63, 3.8) is 0 Å². The second-order valence-electron chi connectivity index (χ2n) is 7.73. The Labute approximate surface area is 201 Å². The first-order valence-corrected chi connectivity index (χ1v) is 11.6. The van der Waals surface area contributed by atoms with E-state index in [2.05, 4.69) is 10.1 Å². The molecule has 0 saturated carbocycles. The lowest BCUT2D eigenvalue weighted by atomic mass is 10.1. The van der Waals surface area contributed by atoms with Crippen LogP contribution in [0.25, 0.3) is 37.2 Å². The van der Waals surface area contributed by atoms with E-state index in [1.807, 2.05) is 6.92 Å². The van der Waals surface area contributed by atoms with Gasteiger partial charge in [-0.05, 0) is 24.6 Å². The summed E-state index contributed by atoms with van der Waals surface area (Å²) in [5, 5.41) is 5.13. The summed E-state index contributed by atoms with van der Waals surface area (Å²) in [7, 11) is 3.11. The Kier molecular flexibility index (Phi) is 5.49. The van der Waals surface area contributed by atoms with Crippen LogP contribution in [-0.4, -0.2) is 31.0 Å². The Morgan fingerprint density at radius 3 is 2.71 bits per heavy atom. The van der Waals surface area contributed by atoms with Crippen LogP contribution in [-0.2, 0) is 13.6 Å². The first-order valence-electron chi connectivity index (χ1n) is 10.4. The van der Waals surface area contributed by atoms with E-state index in [0.29, 0.717) is 50.2 Å². The van der Waals surface area contributed by atoms with E-state index in [1.165, 1.54) is 36.8 Å². The van der Waals surface area contributed by atoms with Gasteiger partial charge in [-0.25, -0.2) is 13.8 Å². The molecular formula is C23H19ClFN5O3S. The molecule has 0 fully saturated rings. The number of halogens is 2. The van der Waals surface area contributed by atoms with E-state index < -0.39 is 17.1 Å². The van der Waals surface area contributed by atoms with Gasteiger partial charge in [-0.2, -0.15) is 5.10 Å². The molecule has 0 aliphatic carbocycles. The molecule has 0 aliphatic heterocycles. The summed E-state index contributed by atoms with van der Waals surface area (Å²) >= 11 is 7.52. The Morgan fingerprint density at radius 1 is 1.18 bits per heavy atom. The van der Waals surface area contributed by atoms with Crippen molar-refractivity contribution in [2.24, 2.45) is 7.05 Å². The molecular weight excluding hydrogens is 481 g/mol. The molecule has 0 bridgehead atoms. The summed E-state index contributed by atoms with van der Waals surface area (Å²) < 4.78 is 23.9. The van der Waals surface area contributed by atoms with Crippen molar-refractivity contribution < 1.29 is 9.13 Å². The molecule has 5 aromatic rings. The van der Waals surface area contributed by atoms with Gasteiger partial charge in [0.25, 0.3) is 5.56 Å². The first-order chi connectivity index (χ1) is 16.3. The molecule has 8 nitrogen and oxygen atoms in total. The Bertz CT molecular complexity index is 1700. The number of aromatic nitrogens is 5. The van der Waals surface area contributed by atoms with Gasteiger partial charge in [0.05, 0.1) is 41.2 Å². The van der Waals surface area contributed by atoms with Crippen LogP contribution >= 0.6 is 22.9 Å². The van der Waals surface area contributed by atoms with Crippen molar-refractivity contribution in [3.8, 4) is 21.9 Å². The van der Waals surface area contributed by atoms with Crippen molar-refractivity contribution in [3.05, 3.63) is 68.5 Å². The third-order valence-corrected chi connectivity index (χ3v) is 7.10. The number of methoxy groups -OCH3 is 1. The third-order valence-electron chi connectivity index (χ3n) is 5.64. The molecule has 5 rings (SSSR count). The standard InChI is InChI=1S/C23H19ClFN5O3S/c1-4-5-29-16-8-19(13-6-18(33-3)15(25)7-14(13)24)34-21(16)22(31)30(23(29)32)17-11-26-9-12-10-27-28(2)20(12)17/h6-11H,4-5H2,1-3H3. The van der Waals surface area contributed by atoms with Gasteiger partial charge in [0.1, 0.15) is 4.70 Å². The van der Waals surface area contributed by atoms with Crippen molar-refractivity contribution in [1.29, 1.82) is 0 Å². The van der Waals surface area contributed by atoms with Crippen LogP contribution in [0, 0.1) is 5.82 Å². The van der Waals surface area contributed by atoms with Gasteiger partial charge < -0.3 is 4.74 Å². The molecule has 0 atom stereocenters. The lowest BCUT2D eigenvalue weighted by Gasteiger charge is -2.12. The van der Waals surface area contributed by atoms with Crippen LogP contribution in [0.1, 0.15) is 13.3 Å². The second kappa shape index (κ2) is 8.37. The van der Waals surface area contributed by atoms with Crippen LogP contribution in [0.15, 0.2) is 46.4 Å². The highest BCUT2D eigenvalue weighted by atomic mass is 35.5. The number of pyridine rings is 1. The minimum absolute atomic E-state index is 0.0363. The Balaban J connectivity index is 1.85. The number of ether oxygens (including phenoxy) is 1. The van der Waals surface area contributed by atoms with Gasteiger partial charge in [0, 0.05) is 35.6 Å². The van der Waals surface area contributed by atoms with Gasteiger partial charge in [-0.3, -0.25) is 19.0 Å². The fraction of sp³-hybridized carbons (Fsp3) is 0.217. The minimum atomic E-state index is -0.584. The predicted octanol–water partition coefficient (Wildman–Crippen LogP) is 4.37. The maximum atomic E-state index is 14.1. The fourth-order valence-corrected chi connectivity index (χ4v) is 5.51. The predicted molar refractivity (Wildman–Crippen MR) is 131 cm³/mol. The molecule has 0 aliphatic rings. The number of hydrogen-bond donors (Lipinski definition) is 0. The highest BCUT2D eigenvalue weighted by Gasteiger charge is 2.22.